The van der Waals surface area contributed by atoms with Crippen molar-refractivity contribution in [3.05, 3.63) is 53.1 Å². The predicted octanol–water partition coefficient (Wildman–Crippen LogP) is 2.87. The minimum Gasteiger partial charge on any atom is -0.493 e. The van der Waals surface area contributed by atoms with E-state index in [1.54, 1.807) is 30.3 Å². The molecular formula is C23H25N3O8. The molecule has 2 aromatic carbocycles. The van der Waals surface area contributed by atoms with E-state index in [1.807, 2.05) is 6.92 Å². The molecule has 180 valence electrons. The lowest BCUT2D eigenvalue weighted by Gasteiger charge is -2.28. The Balaban J connectivity index is 2.00. The summed E-state index contributed by atoms with van der Waals surface area (Å²) in [6.45, 7) is 3.47. The van der Waals surface area contributed by atoms with Gasteiger partial charge in [-0.05, 0) is 36.2 Å². The Hall–Kier alpha value is -4.28. The third-order valence-corrected chi connectivity index (χ3v) is 5.14. The summed E-state index contributed by atoms with van der Waals surface area (Å²) < 4.78 is 11.0. The van der Waals surface area contributed by atoms with Crippen LogP contribution in [0.15, 0.2) is 36.4 Å². The molecule has 3 N–H and O–H groups in total. The monoisotopic (exact) mass is 471 g/mol. The molecule has 34 heavy (non-hydrogen) atoms. The molecule has 11 nitrogen and oxygen atoms in total. The van der Waals surface area contributed by atoms with Crippen molar-refractivity contribution >= 4 is 29.6 Å². The molecule has 0 fully saturated rings. The molecule has 0 unspecified atom stereocenters. The van der Waals surface area contributed by atoms with Crippen LogP contribution in [0.2, 0.25) is 0 Å². The molecule has 2 aromatic rings. The van der Waals surface area contributed by atoms with E-state index in [-0.39, 0.29) is 24.2 Å². The van der Waals surface area contributed by atoms with Gasteiger partial charge in [0, 0.05) is 13.5 Å². The number of benzene rings is 2. The Labute approximate surface area is 195 Å². The molecule has 11 heteroatoms. The van der Waals surface area contributed by atoms with Crippen LogP contribution >= 0.6 is 0 Å². The van der Waals surface area contributed by atoms with Gasteiger partial charge >= 0.3 is 12.1 Å². The molecule has 0 bridgehead atoms. The van der Waals surface area contributed by atoms with Crippen LogP contribution in [0.3, 0.4) is 0 Å². The average molecular weight is 471 g/mol. The minimum atomic E-state index is -1.30. The minimum absolute atomic E-state index is 0.144. The van der Waals surface area contributed by atoms with Crippen molar-refractivity contribution in [2.45, 2.75) is 32.9 Å². The number of fused-ring (bicyclic) bond motifs is 1. The van der Waals surface area contributed by atoms with Gasteiger partial charge in [0.2, 0.25) is 0 Å². The number of ether oxygens (including phenoxy) is 2. The molecule has 3 rings (SSSR count). The zero-order chi connectivity index (χ0) is 24.8. The number of carbonyl (C=O) groups is 4. The van der Waals surface area contributed by atoms with Gasteiger partial charge < -0.3 is 24.3 Å². The molecule has 1 heterocycles. The number of nitrogens with zero attached hydrogens (tertiary/aromatic N) is 1. The van der Waals surface area contributed by atoms with Crippen LogP contribution in [0, 0.1) is 0 Å². The molecule has 3 amide bonds. The molecule has 0 radical (unpaired) electrons. The van der Waals surface area contributed by atoms with E-state index < -0.39 is 29.9 Å². The molecule has 1 aliphatic heterocycles. The van der Waals surface area contributed by atoms with Crippen LogP contribution in [0.4, 0.5) is 10.5 Å². The van der Waals surface area contributed by atoms with Crippen LogP contribution in [0.25, 0.3) is 0 Å². The maximum atomic E-state index is 13.4. The number of hydrogen-bond donors (Lipinski definition) is 3. The molecule has 0 saturated carbocycles. The largest absolute Gasteiger partial charge is 0.493 e. The van der Waals surface area contributed by atoms with E-state index in [4.69, 9.17) is 14.6 Å². The molecular weight excluding hydrogens is 446 g/mol. The van der Waals surface area contributed by atoms with Gasteiger partial charge in [-0.1, -0.05) is 18.2 Å². The van der Waals surface area contributed by atoms with E-state index in [2.05, 4.69) is 15.6 Å². The van der Waals surface area contributed by atoms with E-state index in [0.29, 0.717) is 29.2 Å². The highest BCUT2D eigenvalue weighted by Gasteiger charge is 2.37. The number of carboxylic acid groups (broad SMARTS) is 1. The summed E-state index contributed by atoms with van der Waals surface area (Å²) >= 11 is 0. The van der Waals surface area contributed by atoms with Crippen LogP contribution in [0.1, 0.15) is 47.8 Å². The van der Waals surface area contributed by atoms with Gasteiger partial charge in [0.25, 0.3) is 11.8 Å². The highest BCUT2D eigenvalue weighted by molar-refractivity contribution is 6.06. The van der Waals surface area contributed by atoms with E-state index in [9.17, 15) is 19.2 Å². The van der Waals surface area contributed by atoms with Gasteiger partial charge in [-0.25, -0.2) is 4.79 Å². The smallest absolute Gasteiger partial charge is 0.409 e. The second-order valence-electron chi connectivity index (χ2n) is 7.39. The Bertz CT molecular complexity index is 1120. The number of carbonyl (C=O) groups excluding carboxylic acids is 3. The normalized spacial score (nSPS) is 13.0. The SMILES string of the molecule is CCOc1cc([C@@H](CC(=O)NOC(C)=O)N2Cc3cccc(NC(=O)O)c3C2=O)ccc1OC. The van der Waals surface area contributed by atoms with Crippen LogP contribution in [-0.2, 0) is 21.0 Å². The van der Waals surface area contributed by atoms with Gasteiger partial charge in [0.15, 0.2) is 11.5 Å². The maximum absolute atomic E-state index is 13.4. The summed E-state index contributed by atoms with van der Waals surface area (Å²) in [5.74, 6) is -0.843. The van der Waals surface area contributed by atoms with Crippen LogP contribution < -0.4 is 20.3 Å². The van der Waals surface area contributed by atoms with Gasteiger partial charge in [-0.3, -0.25) is 19.7 Å². The maximum Gasteiger partial charge on any atom is 0.409 e. The van der Waals surface area contributed by atoms with E-state index >= 15 is 0 Å². The number of hydrogen-bond acceptors (Lipinski definition) is 7. The third-order valence-electron chi connectivity index (χ3n) is 5.14. The Morgan fingerprint density at radius 2 is 1.94 bits per heavy atom. The molecule has 0 aromatic heterocycles. The molecule has 1 atom stereocenters. The Morgan fingerprint density at radius 3 is 2.59 bits per heavy atom. The fourth-order valence-corrected chi connectivity index (χ4v) is 3.78. The average Bonchev–Trinajstić information content (AvgIpc) is 3.13. The van der Waals surface area contributed by atoms with E-state index in [1.165, 1.54) is 18.1 Å². The summed E-state index contributed by atoms with van der Waals surface area (Å²) in [5, 5.41) is 11.4. The number of methoxy groups -OCH3 is 1. The zero-order valence-electron chi connectivity index (χ0n) is 18.9. The first-order chi connectivity index (χ1) is 16.2. The fourth-order valence-electron chi connectivity index (χ4n) is 3.78. The highest BCUT2D eigenvalue weighted by atomic mass is 16.7. The second-order valence-corrected chi connectivity index (χ2v) is 7.39. The molecule has 1 aliphatic rings. The van der Waals surface area contributed by atoms with Crippen molar-refractivity contribution < 1.29 is 38.6 Å². The Kier molecular flexibility index (Phi) is 7.57. The molecule has 0 aliphatic carbocycles. The zero-order valence-corrected chi connectivity index (χ0v) is 18.9. The lowest BCUT2D eigenvalue weighted by Crippen LogP contribution is -2.35. The van der Waals surface area contributed by atoms with Crippen molar-refractivity contribution in [3.8, 4) is 11.5 Å². The summed E-state index contributed by atoms with van der Waals surface area (Å²) in [4.78, 5) is 54.3. The molecule has 0 saturated heterocycles. The summed E-state index contributed by atoms with van der Waals surface area (Å²) in [7, 11) is 1.50. The van der Waals surface area contributed by atoms with Crippen molar-refractivity contribution in [2.24, 2.45) is 0 Å². The summed E-state index contributed by atoms with van der Waals surface area (Å²) in [5.41, 5.74) is 3.63. The summed E-state index contributed by atoms with van der Waals surface area (Å²) in [6.07, 6.45) is -1.53. The fraction of sp³-hybridized carbons (Fsp3) is 0.304. The van der Waals surface area contributed by atoms with Gasteiger partial charge in [-0.2, -0.15) is 5.48 Å². The number of amides is 3. The second kappa shape index (κ2) is 10.6. The standard InChI is InChI=1S/C23H25N3O8/c1-4-33-19-10-14(8-9-18(19)32-3)17(11-20(28)25-34-13(2)27)26-12-15-6-5-7-16(24-23(30)31)21(15)22(26)29/h5-10,17,24H,4,11-12H2,1-3H3,(H,25,28)(H,30,31)/t17-/m1/s1. The van der Waals surface area contributed by atoms with Gasteiger partial charge in [-0.15, -0.1) is 0 Å². The number of nitrogens with one attached hydrogen (secondary N) is 2. The number of hydroxylamine groups is 1. The van der Waals surface area contributed by atoms with Crippen molar-refractivity contribution in [3.63, 3.8) is 0 Å². The highest BCUT2D eigenvalue weighted by Crippen LogP contribution is 2.39. The van der Waals surface area contributed by atoms with Gasteiger partial charge in [0.1, 0.15) is 0 Å². The molecule has 0 spiro atoms. The van der Waals surface area contributed by atoms with Crippen molar-refractivity contribution in [2.75, 3.05) is 19.0 Å². The van der Waals surface area contributed by atoms with Crippen molar-refractivity contribution in [1.29, 1.82) is 0 Å². The first kappa shape index (κ1) is 24.4. The first-order valence-electron chi connectivity index (χ1n) is 10.4. The topological polar surface area (TPSA) is 144 Å². The lowest BCUT2D eigenvalue weighted by atomic mass is 10.0. The number of anilines is 1. The van der Waals surface area contributed by atoms with Gasteiger partial charge in [0.05, 0.1) is 37.4 Å². The Morgan fingerprint density at radius 1 is 1.18 bits per heavy atom. The van der Waals surface area contributed by atoms with Crippen molar-refractivity contribution in [1.82, 2.24) is 10.4 Å². The third kappa shape index (κ3) is 5.37. The predicted molar refractivity (Wildman–Crippen MR) is 119 cm³/mol. The summed E-state index contributed by atoms with van der Waals surface area (Å²) in [6, 6.07) is 9.13. The van der Waals surface area contributed by atoms with E-state index in [0.717, 1.165) is 6.92 Å². The quantitative estimate of drug-likeness (QED) is 0.499. The van der Waals surface area contributed by atoms with Crippen LogP contribution in [0.5, 0.6) is 11.5 Å². The van der Waals surface area contributed by atoms with Crippen LogP contribution in [-0.4, -0.2) is 47.6 Å². The lowest BCUT2D eigenvalue weighted by molar-refractivity contribution is -0.156. The first-order valence-corrected chi connectivity index (χ1v) is 10.4. The number of rotatable bonds is 8.